The standard InChI is InChI=1S/C20H16F2N6O2/c1-12-4-2-3-5-13(12)9-28-19-18(25-26-28)20(30)27(11-23-19)10-17(29)24-16-7-6-14(21)8-15(16)22/h2-8,11H,9-10H2,1H3,(H,24,29). The van der Waals surface area contributed by atoms with Crippen molar-refractivity contribution < 1.29 is 13.6 Å². The lowest BCUT2D eigenvalue weighted by molar-refractivity contribution is -0.116. The molecule has 152 valence electrons. The Morgan fingerprint density at radius 3 is 2.73 bits per heavy atom. The molecule has 0 bridgehead atoms. The van der Waals surface area contributed by atoms with Gasteiger partial charge in [0.1, 0.15) is 24.5 Å². The van der Waals surface area contributed by atoms with Crippen LogP contribution in [0.1, 0.15) is 11.1 Å². The van der Waals surface area contributed by atoms with E-state index in [0.717, 1.165) is 27.8 Å². The van der Waals surface area contributed by atoms with Crippen molar-refractivity contribution in [3.63, 3.8) is 0 Å². The summed E-state index contributed by atoms with van der Waals surface area (Å²) in [6.45, 7) is 1.95. The zero-order valence-electron chi connectivity index (χ0n) is 15.8. The molecule has 1 amide bonds. The predicted octanol–water partition coefficient (Wildman–Crippen LogP) is 2.26. The van der Waals surface area contributed by atoms with Gasteiger partial charge in [-0.1, -0.05) is 29.5 Å². The maximum absolute atomic E-state index is 13.7. The second kappa shape index (κ2) is 7.82. The molecule has 0 fully saturated rings. The van der Waals surface area contributed by atoms with Crippen molar-refractivity contribution >= 4 is 22.8 Å². The van der Waals surface area contributed by atoms with Crippen LogP contribution in [0.3, 0.4) is 0 Å². The smallest absolute Gasteiger partial charge is 0.283 e. The van der Waals surface area contributed by atoms with E-state index in [1.807, 2.05) is 31.2 Å². The molecule has 0 atom stereocenters. The van der Waals surface area contributed by atoms with Gasteiger partial charge in [-0.05, 0) is 30.2 Å². The van der Waals surface area contributed by atoms with Crippen LogP contribution in [0.2, 0.25) is 0 Å². The maximum atomic E-state index is 13.7. The van der Waals surface area contributed by atoms with Crippen LogP contribution >= 0.6 is 0 Å². The molecule has 0 saturated carbocycles. The van der Waals surface area contributed by atoms with Gasteiger partial charge in [0.25, 0.3) is 5.56 Å². The van der Waals surface area contributed by atoms with Crippen LogP contribution in [0, 0.1) is 18.6 Å². The topological polar surface area (TPSA) is 94.7 Å². The summed E-state index contributed by atoms with van der Waals surface area (Å²) in [4.78, 5) is 29.1. The lowest BCUT2D eigenvalue weighted by Crippen LogP contribution is -2.28. The summed E-state index contributed by atoms with van der Waals surface area (Å²) in [5, 5.41) is 10.2. The average molecular weight is 410 g/mol. The first kappa shape index (κ1) is 19.4. The lowest BCUT2D eigenvalue weighted by Gasteiger charge is -2.08. The quantitative estimate of drug-likeness (QED) is 0.545. The number of anilines is 1. The van der Waals surface area contributed by atoms with Gasteiger partial charge in [-0.3, -0.25) is 14.2 Å². The molecule has 0 radical (unpaired) electrons. The van der Waals surface area contributed by atoms with Crippen LogP contribution in [-0.2, 0) is 17.9 Å². The van der Waals surface area contributed by atoms with Crippen molar-refractivity contribution in [2.24, 2.45) is 0 Å². The molecule has 2 heterocycles. The van der Waals surface area contributed by atoms with Gasteiger partial charge in [0, 0.05) is 6.07 Å². The summed E-state index contributed by atoms with van der Waals surface area (Å²) >= 11 is 0. The molecule has 4 aromatic rings. The highest BCUT2D eigenvalue weighted by molar-refractivity contribution is 5.90. The Bertz CT molecular complexity index is 1310. The minimum absolute atomic E-state index is 0.0202. The fourth-order valence-electron chi connectivity index (χ4n) is 2.99. The second-order valence-corrected chi connectivity index (χ2v) is 6.70. The highest BCUT2D eigenvalue weighted by atomic mass is 19.1. The summed E-state index contributed by atoms with van der Waals surface area (Å²) in [6.07, 6.45) is 1.21. The van der Waals surface area contributed by atoms with Crippen molar-refractivity contribution in [1.82, 2.24) is 24.5 Å². The van der Waals surface area contributed by atoms with E-state index in [4.69, 9.17) is 0 Å². The number of aromatic nitrogens is 5. The molecule has 30 heavy (non-hydrogen) atoms. The van der Waals surface area contributed by atoms with E-state index in [1.54, 1.807) is 0 Å². The SMILES string of the molecule is Cc1ccccc1Cn1nnc2c(=O)n(CC(=O)Nc3ccc(F)cc3F)cnc21. The normalized spacial score (nSPS) is 11.0. The molecular formula is C20H16F2N6O2. The van der Waals surface area contributed by atoms with Crippen molar-refractivity contribution in [2.75, 3.05) is 5.32 Å². The highest BCUT2D eigenvalue weighted by Crippen LogP contribution is 2.15. The Kier molecular flexibility index (Phi) is 5.05. The minimum Gasteiger partial charge on any atom is -0.322 e. The molecular weight excluding hydrogens is 394 g/mol. The van der Waals surface area contributed by atoms with Gasteiger partial charge in [0.05, 0.1) is 12.2 Å². The number of carbonyl (C=O) groups is 1. The van der Waals surface area contributed by atoms with Crippen molar-refractivity contribution in [3.05, 3.63) is 81.9 Å². The highest BCUT2D eigenvalue weighted by Gasteiger charge is 2.15. The number of benzene rings is 2. The van der Waals surface area contributed by atoms with Crippen LogP contribution in [0.5, 0.6) is 0 Å². The van der Waals surface area contributed by atoms with E-state index < -0.39 is 29.6 Å². The number of rotatable bonds is 5. The predicted molar refractivity (Wildman–Crippen MR) is 105 cm³/mol. The number of hydrogen-bond acceptors (Lipinski definition) is 5. The average Bonchev–Trinajstić information content (AvgIpc) is 3.12. The van der Waals surface area contributed by atoms with Crippen molar-refractivity contribution in [1.29, 1.82) is 0 Å². The van der Waals surface area contributed by atoms with E-state index in [1.165, 1.54) is 11.0 Å². The van der Waals surface area contributed by atoms with Crippen LogP contribution in [0.25, 0.3) is 11.2 Å². The molecule has 0 aliphatic carbocycles. The lowest BCUT2D eigenvalue weighted by atomic mass is 10.1. The first-order chi connectivity index (χ1) is 14.4. The molecule has 0 aliphatic heterocycles. The van der Waals surface area contributed by atoms with E-state index >= 15 is 0 Å². The van der Waals surface area contributed by atoms with E-state index in [-0.39, 0.29) is 11.2 Å². The van der Waals surface area contributed by atoms with Gasteiger partial charge in [0.2, 0.25) is 5.91 Å². The maximum Gasteiger partial charge on any atom is 0.283 e. The Morgan fingerprint density at radius 1 is 1.17 bits per heavy atom. The third kappa shape index (κ3) is 3.79. The first-order valence-corrected chi connectivity index (χ1v) is 9.00. The first-order valence-electron chi connectivity index (χ1n) is 9.00. The Labute approximate surface area is 168 Å². The number of amides is 1. The zero-order valence-corrected chi connectivity index (χ0v) is 15.8. The third-order valence-electron chi connectivity index (χ3n) is 4.59. The van der Waals surface area contributed by atoms with E-state index in [9.17, 15) is 18.4 Å². The molecule has 4 rings (SSSR count). The third-order valence-corrected chi connectivity index (χ3v) is 4.59. The molecule has 10 heteroatoms. The number of halogens is 2. The summed E-state index contributed by atoms with van der Waals surface area (Å²) in [6, 6.07) is 10.5. The second-order valence-electron chi connectivity index (χ2n) is 6.70. The molecule has 0 saturated heterocycles. The van der Waals surface area contributed by atoms with Gasteiger partial charge in [-0.25, -0.2) is 18.4 Å². The number of nitrogens with zero attached hydrogens (tertiary/aromatic N) is 5. The van der Waals surface area contributed by atoms with Crippen molar-refractivity contribution in [3.8, 4) is 0 Å². The summed E-state index contributed by atoms with van der Waals surface area (Å²) in [5.41, 5.74) is 1.66. The summed E-state index contributed by atoms with van der Waals surface area (Å²) < 4.78 is 29.2. The molecule has 2 aromatic carbocycles. The van der Waals surface area contributed by atoms with Crippen LogP contribution in [0.4, 0.5) is 14.5 Å². The van der Waals surface area contributed by atoms with Gasteiger partial charge in [-0.15, -0.1) is 5.10 Å². The number of fused-ring (bicyclic) bond motifs is 1. The van der Waals surface area contributed by atoms with Gasteiger partial charge < -0.3 is 5.32 Å². The molecule has 0 spiro atoms. The van der Waals surface area contributed by atoms with E-state index in [2.05, 4.69) is 20.6 Å². The Balaban J connectivity index is 1.56. The fraction of sp³-hybridized carbons (Fsp3) is 0.150. The van der Waals surface area contributed by atoms with Crippen LogP contribution < -0.4 is 10.9 Å². The number of aryl methyl sites for hydroxylation is 1. The largest absolute Gasteiger partial charge is 0.322 e. The van der Waals surface area contributed by atoms with E-state index in [0.29, 0.717) is 18.3 Å². The zero-order chi connectivity index (χ0) is 21.3. The van der Waals surface area contributed by atoms with Crippen LogP contribution in [-0.4, -0.2) is 30.5 Å². The number of carbonyl (C=O) groups excluding carboxylic acids is 1. The van der Waals surface area contributed by atoms with Gasteiger partial charge in [-0.2, -0.15) is 0 Å². The number of hydrogen-bond donors (Lipinski definition) is 1. The molecule has 1 N–H and O–H groups in total. The molecule has 0 aliphatic rings. The Morgan fingerprint density at radius 2 is 1.97 bits per heavy atom. The molecule has 0 unspecified atom stereocenters. The molecule has 2 aromatic heterocycles. The van der Waals surface area contributed by atoms with Gasteiger partial charge >= 0.3 is 0 Å². The van der Waals surface area contributed by atoms with Crippen LogP contribution in [0.15, 0.2) is 53.6 Å². The van der Waals surface area contributed by atoms with Gasteiger partial charge in [0.15, 0.2) is 11.2 Å². The number of nitrogens with one attached hydrogen (secondary N) is 1. The fourth-order valence-corrected chi connectivity index (χ4v) is 2.99. The minimum atomic E-state index is -0.913. The summed E-state index contributed by atoms with van der Waals surface area (Å²) in [5.74, 6) is -2.34. The Hall–Kier alpha value is -3.95. The van der Waals surface area contributed by atoms with Crippen molar-refractivity contribution in [2.45, 2.75) is 20.0 Å². The monoisotopic (exact) mass is 410 g/mol. The molecule has 8 nitrogen and oxygen atoms in total. The summed E-state index contributed by atoms with van der Waals surface area (Å²) in [7, 11) is 0.